The summed E-state index contributed by atoms with van der Waals surface area (Å²) in [7, 11) is 0. The number of ether oxygens (including phenoxy) is 1. The van der Waals surface area contributed by atoms with E-state index in [2.05, 4.69) is 14.8 Å². The number of fused-ring (bicyclic) bond motifs is 1. The van der Waals surface area contributed by atoms with Crippen molar-refractivity contribution in [1.29, 1.82) is 0 Å². The number of benzene rings is 1. The fraction of sp³-hybridized carbons (Fsp3) is 0.500. The Morgan fingerprint density at radius 1 is 1.15 bits per heavy atom. The number of nitrogens with two attached hydrogens (primary N) is 1. The summed E-state index contributed by atoms with van der Waals surface area (Å²) in [5.41, 5.74) is 7.23. The number of primary amides is 1. The Morgan fingerprint density at radius 3 is 2.59 bits per heavy atom. The number of H-pyrrole nitrogens is 1. The summed E-state index contributed by atoms with van der Waals surface area (Å²) in [5, 5.41) is 0.501. The van der Waals surface area contributed by atoms with Crippen molar-refractivity contribution in [3.05, 3.63) is 45.7 Å². The van der Waals surface area contributed by atoms with E-state index in [1.165, 1.54) is 0 Å². The number of carbonyl (C=O) groups excluding carboxylic acids is 1. The highest BCUT2D eigenvalue weighted by Crippen LogP contribution is 2.19. The minimum atomic E-state index is -0.525. The highest BCUT2D eigenvalue weighted by atomic mass is 16.5. The van der Waals surface area contributed by atoms with Crippen LogP contribution in [-0.2, 0) is 11.3 Å². The Kier molecular flexibility index (Phi) is 5.24. The van der Waals surface area contributed by atoms with Crippen LogP contribution in [0.5, 0.6) is 0 Å². The molecule has 2 aliphatic heterocycles. The monoisotopic (exact) mass is 370 g/mol. The first-order valence-electron chi connectivity index (χ1n) is 9.60. The number of pyridine rings is 1. The summed E-state index contributed by atoms with van der Waals surface area (Å²) in [4.78, 5) is 32.1. The minimum Gasteiger partial charge on any atom is -0.379 e. The van der Waals surface area contributed by atoms with Crippen LogP contribution < -0.4 is 11.2 Å². The number of aromatic nitrogens is 1. The zero-order valence-electron chi connectivity index (χ0n) is 15.4. The van der Waals surface area contributed by atoms with Gasteiger partial charge in [-0.3, -0.25) is 19.4 Å². The average Bonchev–Trinajstić information content (AvgIpc) is 2.69. The van der Waals surface area contributed by atoms with E-state index in [1.54, 1.807) is 24.3 Å². The second-order valence-electron chi connectivity index (χ2n) is 7.44. The molecule has 4 rings (SSSR count). The van der Waals surface area contributed by atoms with Gasteiger partial charge in [-0.25, -0.2) is 0 Å². The largest absolute Gasteiger partial charge is 0.379 e. The van der Waals surface area contributed by atoms with Crippen molar-refractivity contribution in [3.8, 4) is 0 Å². The van der Waals surface area contributed by atoms with Gasteiger partial charge < -0.3 is 15.5 Å². The average molecular weight is 370 g/mol. The zero-order valence-corrected chi connectivity index (χ0v) is 15.4. The van der Waals surface area contributed by atoms with Gasteiger partial charge in [-0.1, -0.05) is 0 Å². The molecule has 0 unspecified atom stereocenters. The number of aromatic amines is 1. The van der Waals surface area contributed by atoms with Crippen LogP contribution in [0.4, 0.5) is 0 Å². The van der Waals surface area contributed by atoms with Crippen LogP contribution in [0.3, 0.4) is 0 Å². The van der Waals surface area contributed by atoms with E-state index in [0.29, 0.717) is 17.0 Å². The molecule has 3 N–H and O–H groups in total. The number of piperidine rings is 1. The molecule has 144 valence electrons. The third-order valence-electron chi connectivity index (χ3n) is 5.68. The molecule has 3 heterocycles. The van der Waals surface area contributed by atoms with Gasteiger partial charge in [0.05, 0.1) is 13.2 Å². The number of carbonyl (C=O) groups is 1. The predicted octanol–water partition coefficient (Wildman–Crippen LogP) is 0.924. The van der Waals surface area contributed by atoms with Crippen molar-refractivity contribution in [2.24, 2.45) is 5.73 Å². The lowest BCUT2D eigenvalue weighted by molar-refractivity contribution is 0.000143. The topological polar surface area (TPSA) is 91.7 Å². The second kappa shape index (κ2) is 7.80. The van der Waals surface area contributed by atoms with E-state index < -0.39 is 5.91 Å². The number of morpholine rings is 1. The van der Waals surface area contributed by atoms with Gasteiger partial charge in [0.25, 0.3) is 0 Å². The van der Waals surface area contributed by atoms with Gasteiger partial charge in [0, 0.05) is 67.0 Å². The first-order chi connectivity index (χ1) is 13.1. The van der Waals surface area contributed by atoms with Gasteiger partial charge in [-0.15, -0.1) is 0 Å². The molecule has 0 spiro atoms. The predicted molar refractivity (Wildman–Crippen MR) is 104 cm³/mol. The Labute approximate surface area is 158 Å². The van der Waals surface area contributed by atoms with Gasteiger partial charge in [0.15, 0.2) is 5.43 Å². The molecule has 1 aromatic heterocycles. The molecule has 0 radical (unpaired) electrons. The smallest absolute Gasteiger partial charge is 0.248 e. The number of nitrogens with one attached hydrogen (secondary N) is 1. The lowest BCUT2D eigenvalue weighted by atomic mass is 10.0. The fourth-order valence-corrected chi connectivity index (χ4v) is 4.17. The Balaban J connectivity index is 1.42. The Morgan fingerprint density at radius 2 is 1.89 bits per heavy atom. The normalized spacial score (nSPS) is 20.1. The van der Waals surface area contributed by atoms with Crippen molar-refractivity contribution in [2.45, 2.75) is 25.4 Å². The number of hydrogen-bond acceptors (Lipinski definition) is 5. The van der Waals surface area contributed by atoms with Crippen LogP contribution in [0.15, 0.2) is 29.1 Å². The van der Waals surface area contributed by atoms with E-state index in [-0.39, 0.29) is 5.43 Å². The molecule has 0 atom stereocenters. The first-order valence-corrected chi connectivity index (χ1v) is 9.60. The lowest BCUT2D eigenvalue weighted by Crippen LogP contribution is -2.48. The second-order valence-corrected chi connectivity index (χ2v) is 7.44. The van der Waals surface area contributed by atoms with Crippen LogP contribution in [0, 0.1) is 0 Å². The molecule has 0 aliphatic carbocycles. The summed E-state index contributed by atoms with van der Waals surface area (Å²) in [6.07, 6.45) is 2.31. The van der Waals surface area contributed by atoms with E-state index >= 15 is 0 Å². The summed E-state index contributed by atoms with van der Waals surface area (Å²) in [6, 6.07) is 7.26. The number of nitrogens with zero attached hydrogens (tertiary/aromatic N) is 2. The highest BCUT2D eigenvalue weighted by Gasteiger charge is 2.25. The summed E-state index contributed by atoms with van der Waals surface area (Å²) < 4.78 is 5.45. The van der Waals surface area contributed by atoms with Crippen molar-refractivity contribution in [1.82, 2.24) is 14.8 Å². The van der Waals surface area contributed by atoms with Crippen LogP contribution in [0.1, 0.15) is 28.9 Å². The van der Waals surface area contributed by atoms with Crippen LogP contribution in [-0.4, -0.2) is 66.1 Å². The quantitative estimate of drug-likeness (QED) is 0.835. The molecule has 2 aliphatic rings. The van der Waals surface area contributed by atoms with Crippen molar-refractivity contribution in [2.75, 3.05) is 39.4 Å². The molecule has 7 nitrogen and oxygen atoms in total. The summed E-state index contributed by atoms with van der Waals surface area (Å²) in [6.45, 7) is 6.56. The number of rotatable bonds is 4. The molecule has 1 amide bonds. The molecular weight excluding hydrogens is 344 g/mol. The van der Waals surface area contributed by atoms with Crippen LogP contribution in [0.25, 0.3) is 10.9 Å². The molecular formula is C20H26N4O3. The summed E-state index contributed by atoms with van der Waals surface area (Å²) >= 11 is 0. The van der Waals surface area contributed by atoms with Gasteiger partial charge >= 0.3 is 0 Å². The maximum atomic E-state index is 12.5. The fourth-order valence-electron chi connectivity index (χ4n) is 4.17. The maximum Gasteiger partial charge on any atom is 0.248 e. The highest BCUT2D eigenvalue weighted by molar-refractivity contribution is 5.96. The molecule has 0 saturated carbocycles. The number of hydrogen-bond donors (Lipinski definition) is 2. The standard InChI is InChI=1S/C20H26N4O3/c21-20(26)14-1-2-18-17(11-14)19(25)12-15(22-18)13-23-5-3-16(4-6-23)24-7-9-27-10-8-24/h1-2,11-12,16H,3-10,13H2,(H2,21,26)(H,22,25). The van der Waals surface area contributed by atoms with Gasteiger partial charge in [0.1, 0.15) is 0 Å². The van der Waals surface area contributed by atoms with Gasteiger partial charge in [0.2, 0.25) is 5.91 Å². The van der Waals surface area contributed by atoms with E-state index in [4.69, 9.17) is 10.5 Å². The van der Waals surface area contributed by atoms with Crippen LogP contribution >= 0.6 is 0 Å². The molecule has 2 fully saturated rings. The van der Waals surface area contributed by atoms with Crippen molar-refractivity contribution < 1.29 is 9.53 Å². The molecule has 7 heteroatoms. The molecule has 2 aromatic rings. The minimum absolute atomic E-state index is 0.0787. The lowest BCUT2D eigenvalue weighted by Gasteiger charge is -2.40. The SMILES string of the molecule is NC(=O)c1ccc2[nH]c(CN3CCC(N4CCOCC4)CC3)cc(=O)c2c1. The number of likely N-dealkylation sites (tertiary alicyclic amines) is 1. The zero-order chi connectivity index (χ0) is 18.8. The Hall–Kier alpha value is -2.22. The van der Waals surface area contributed by atoms with E-state index in [1.807, 2.05) is 0 Å². The van der Waals surface area contributed by atoms with Gasteiger partial charge in [-0.05, 0) is 31.0 Å². The molecule has 27 heavy (non-hydrogen) atoms. The summed E-state index contributed by atoms with van der Waals surface area (Å²) in [5.74, 6) is -0.525. The van der Waals surface area contributed by atoms with Gasteiger partial charge in [-0.2, -0.15) is 0 Å². The first kappa shape index (κ1) is 18.2. The van der Waals surface area contributed by atoms with Crippen molar-refractivity contribution in [3.63, 3.8) is 0 Å². The third kappa shape index (κ3) is 4.05. The van der Waals surface area contributed by atoms with E-state index in [0.717, 1.165) is 70.0 Å². The third-order valence-corrected chi connectivity index (χ3v) is 5.68. The van der Waals surface area contributed by atoms with Crippen molar-refractivity contribution >= 4 is 16.8 Å². The molecule has 1 aromatic carbocycles. The Bertz CT molecular complexity index is 880. The maximum absolute atomic E-state index is 12.5. The molecule has 0 bridgehead atoms. The van der Waals surface area contributed by atoms with Crippen LogP contribution in [0.2, 0.25) is 0 Å². The van der Waals surface area contributed by atoms with E-state index in [9.17, 15) is 9.59 Å². The number of amides is 1. The molecule has 2 saturated heterocycles.